The largest absolute Gasteiger partial charge is 0.348 e. The Morgan fingerprint density at radius 2 is 2.25 bits per heavy atom. The SMILES string of the molecule is O=C1NCc2ccc(Cl)c(Br)c21. The Kier molecular flexibility index (Phi) is 1.85. The molecule has 0 saturated carbocycles. The maximum atomic E-state index is 11.2. The van der Waals surface area contributed by atoms with Crippen LogP contribution in [-0.2, 0) is 6.54 Å². The Morgan fingerprint density at radius 1 is 1.50 bits per heavy atom. The van der Waals surface area contributed by atoms with Crippen LogP contribution in [0, 0.1) is 0 Å². The van der Waals surface area contributed by atoms with Gasteiger partial charge in [-0.1, -0.05) is 17.7 Å². The molecule has 1 heterocycles. The number of carbonyl (C=O) groups excluding carboxylic acids is 1. The molecule has 0 saturated heterocycles. The maximum Gasteiger partial charge on any atom is 0.253 e. The van der Waals surface area contributed by atoms with Crippen molar-refractivity contribution in [1.82, 2.24) is 5.32 Å². The first-order valence-electron chi connectivity index (χ1n) is 3.45. The minimum atomic E-state index is -0.0561. The van der Waals surface area contributed by atoms with Crippen molar-refractivity contribution in [2.45, 2.75) is 6.54 Å². The van der Waals surface area contributed by atoms with Crippen molar-refractivity contribution in [1.29, 1.82) is 0 Å². The summed E-state index contributed by atoms with van der Waals surface area (Å²) in [5.74, 6) is -0.0561. The standard InChI is InChI=1S/C8H5BrClNO/c9-7-5(10)2-1-4-3-11-8(12)6(4)7/h1-2H,3H2,(H,11,12). The zero-order valence-electron chi connectivity index (χ0n) is 6.03. The average molecular weight is 246 g/mol. The summed E-state index contributed by atoms with van der Waals surface area (Å²) in [5, 5.41) is 3.30. The van der Waals surface area contributed by atoms with E-state index >= 15 is 0 Å². The molecule has 0 spiro atoms. The van der Waals surface area contributed by atoms with Crippen LogP contribution in [-0.4, -0.2) is 5.91 Å². The lowest BCUT2D eigenvalue weighted by molar-refractivity contribution is 0.0965. The van der Waals surface area contributed by atoms with E-state index in [0.29, 0.717) is 21.6 Å². The average Bonchev–Trinajstić information content (AvgIpc) is 2.41. The Morgan fingerprint density at radius 3 is 3.00 bits per heavy atom. The van der Waals surface area contributed by atoms with E-state index in [1.807, 2.05) is 6.07 Å². The number of hydrogen-bond donors (Lipinski definition) is 1. The van der Waals surface area contributed by atoms with E-state index in [2.05, 4.69) is 21.2 Å². The van der Waals surface area contributed by atoms with Crippen molar-refractivity contribution in [3.05, 3.63) is 32.8 Å². The fourth-order valence-corrected chi connectivity index (χ4v) is 1.97. The Labute approximate surface area is 83.0 Å². The molecule has 2 nitrogen and oxygen atoms in total. The molecule has 1 aromatic rings. The molecule has 2 rings (SSSR count). The van der Waals surface area contributed by atoms with Crippen molar-refractivity contribution >= 4 is 33.4 Å². The van der Waals surface area contributed by atoms with Gasteiger partial charge in [0, 0.05) is 11.0 Å². The smallest absolute Gasteiger partial charge is 0.253 e. The highest BCUT2D eigenvalue weighted by Gasteiger charge is 2.22. The van der Waals surface area contributed by atoms with E-state index in [1.54, 1.807) is 6.07 Å². The summed E-state index contributed by atoms with van der Waals surface area (Å²) in [4.78, 5) is 11.2. The molecule has 0 fully saturated rings. The molecular weight excluding hydrogens is 241 g/mol. The normalized spacial score (nSPS) is 14.3. The first kappa shape index (κ1) is 8.08. The maximum absolute atomic E-state index is 11.2. The molecule has 62 valence electrons. The predicted octanol–water partition coefficient (Wildman–Crippen LogP) is 2.35. The molecule has 0 radical (unpaired) electrons. The zero-order valence-corrected chi connectivity index (χ0v) is 8.37. The number of hydrogen-bond acceptors (Lipinski definition) is 1. The first-order chi connectivity index (χ1) is 5.70. The molecule has 0 aromatic heterocycles. The summed E-state index contributed by atoms with van der Waals surface area (Å²) < 4.78 is 0.691. The van der Waals surface area contributed by atoms with Gasteiger partial charge in [-0.3, -0.25) is 4.79 Å². The van der Waals surface area contributed by atoms with Gasteiger partial charge in [-0.05, 0) is 27.6 Å². The van der Waals surface area contributed by atoms with Crippen LogP contribution in [0.5, 0.6) is 0 Å². The van der Waals surface area contributed by atoms with Crippen LogP contribution in [0.2, 0.25) is 5.02 Å². The summed E-state index contributed by atoms with van der Waals surface area (Å²) >= 11 is 9.11. The number of fused-ring (bicyclic) bond motifs is 1. The number of benzene rings is 1. The minimum absolute atomic E-state index is 0.0561. The van der Waals surface area contributed by atoms with Gasteiger partial charge in [0.25, 0.3) is 5.91 Å². The fourth-order valence-electron chi connectivity index (χ4n) is 1.25. The highest BCUT2D eigenvalue weighted by atomic mass is 79.9. The van der Waals surface area contributed by atoms with Gasteiger partial charge in [-0.2, -0.15) is 0 Å². The van der Waals surface area contributed by atoms with Gasteiger partial charge in [0.15, 0.2) is 0 Å². The molecule has 1 N–H and O–H groups in total. The van der Waals surface area contributed by atoms with E-state index < -0.39 is 0 Å². The number of carbonyl (C=O) groups is 1. The van der Waals surface area contributed by atoms with Crippen LogP contribution < -0.4 is 5.32 Å². The molecule has 0 atom stereocenters. The molecule has 1 aromatic carbocycles. The van der Waals surface area contributed by atoms with Gasteiger partial charge in [0.2, 0.25) is 0 Å². The highest BCUT2D eigenvalue weighted by molar-refractivity contribution is 9.10. The molecule has 1 aliphatic rings. The summed E-state index contributed by atoms with van der Waals surface area (Å²) in [7, 11) is 0. The van der Waals surface area contributed by atoms with Gasteiger partial charge in [-0.25, -0.2) is 0 Å². The second-order valence-corrected chi connectivity index (χ2v) is 3.78. The highest BCUT2D eigenvalue weighted by Crippen LogP contribution is 2.31. The molecular formula is C8H5BrClNO. The van der Waals surface area contributed by atoms with Crippen molar-refractivity contribution in [3.8, 4) is 0 Å². The van der Waals surface area contributed by atoms with E-state index in [-0.39, 0.29) is 5.91 Å². The van der Waals surface area contributed by atoms with E-state index in [4.69, 9.17) is 11.6 Å². The van der Waals surface area contributed by atoms with Crippen LogP contribution in [0.1, 0.15) is 15.9 Å². The van der Waals surface area contributed by atoms with Gasteiger partial charge in [0.1, 0.15) is 0 Å². The fraction of sp³-hybridized carbons (Fsp3) is 0.125. The van der Waals surface area contributed by atoms with Crippen molar-refractivity contribution < 1.29 is 4.79 Å². The van der Waals surface area contributed by atoms with Gasteiger partial charge in [-0.15, -0.1) is 0 Å². The predicted molar refractivity (Wildman–Crippen MR) is 50.3 cm³/mol. The quantitative estimate of drug-likeness (QED) is 0.748. The second kappa shape index (κ2) is 2.75. The Hall–Kier alpha value is -0.540. The molecule has 0 unspecified atom stereocenters. The third-order valence-electron chi connectivity index (χ3n) is 1.85. The van der Waals surface area contributed by atoms with Gasteiger partial charge >= 0.3 is 0 Å². The third-order valence-corrected chi connectivity index (χ3v) is 3.21. The van der Waals surface area contributed by atoms with Crippen LogP contribution in [0.15, 0.2) is 16.6 Å². The van der Waals surface area contributed by atoms with Crippen LogP contribution in [0.4, 0.5) is 0 Å². The van der Waals surface area contributed by atoms with Crippen LogP contribution in [0.25, 0.3) is 0 Å². The third kappa shape index (κ3) is 1.04. The van der Waals surface area contributed by atoms with E-state index in [1.165, 1.54) is 0 Å². The van der Waals surface area contributed by atoms with E-state index in [0.717, 1.165) is 5.56 Å². The lowest BCUT2D eigenvalue weighted by Gasteiger charge is -2.00. The molecule has 0 bridgehead atoms. The monoisotopic (exact) mass is 245 g/mol. The van der Waals surface area contributed by atoms with Crippen LogP contribution in [0.3, 0.4) is 0 Å². The second-order valence-electron chi connectivity index (χ2n) is 2.58. The first-order valence-corrected chi connectivity index (χ1v) is 4.62. The molecule has 1 amide bonds. The van der Waals surface area contributed by atoms with E-state index in [9.17, 15) is 4.79 Å². The number of rotatable bonds is 0. The summed E-state index contributed by atoms with van der Waals surface area (Å²) in [6, 6.07) is 3.64. The van der Waals surface area contributed by atoms with Crippen molar-refractivity contribution in [2.24, 2.45) is 0 Å². The Balaban J connectivity index is 2.71. The Bertz CT molecular complexity index is 364. The number of nitrogens with one attached hydrogen (secondary N) is 1. The lowest BCUT2D eigenvalue weighted by atomic mass is 10.1. The minimum Gasteiger partial charge on any atom is -0.348 e. The summed E-state index contributed by atoms with van der Waals surface area (Å²) in [6.07, 6.45) is 0. The molecule has 0 aliphatic carbocycles. The van der Waals surface area contributed by atoms with Crippen LogP contribution >= 0.6 is 27.5 Å². The molecule has 4 heteroatoms. The molecule has 12 heavy (non-hydrogen) atoms. The topological polar surface area (TPSA) is 29.1 Å². The molecule has 1 aliphatic heterocycles. The van der Waals surface area contributed by atoms with Gasteiger partial charge < -0.3 is 5.32 Å². The van der Waals surface area contributed by atoms with Crippen molar-refractivity contribution in [2.75, 3.05) is 0 Å². The number of amides is 1. The summed E-state index contributed by atoms with van der Waals surface area (Å²) in [6.45, 7) is 0.601. The zero-order chi connectivity index (χ0) is 8.72. The van der Waals surface area contributed by atoms with Gasteiger partial charge in [0.05, 0.1) is 10.6 Å². The lowest BCUT2D eigenvalue weighted by Crippen LogP contribution is -2.12. The summed E-state index contributed by atoms with van der Waals surface area (Å²) in [5.41, 5.74) is 1.67. The number of halogens is 2. The van der Waals surface area contributed by atoms with Crippen molar-refractivity contribution in [3.63, 3.8) is 0 Å².